The number of benzene rings is 1. The van der Waals surface area contributed by atoms with Crippen molar-refractivity contribution >= 4 is 5.91 Å². The lowest BCUT2D eigenvalue weighted by atomic mass is 10.0. The van der Waals surface area contributed by atoms with E-state index in [0.717, 1.165) is 18.2 Å². The molecular weight excluding hydrogens is 459 g/mol. The number of rotatable bonds is 2. The molecule has 2 aromatic heterocycles. The second kappa shape index (κ2) is 7.86. The van der Waals surface area contributed by atoms with Crippen LogP contribution in [0.25, 0.3) is 11.4 Å². The second-order valence-corrected chi connectivity index (χ2v) is 8.49. The average molecular weight is 478 g/mol. The van der Waals surface area contributed by atoms with E-state index in [-0.39, 0.29) is 41.4 Å². The topological polar surface area (TPSA) is 71.2 Å². The van der Waals surface area contributed by atoms with Gasteiger partial charge in [-0.05, 0) is 29.3 Å². The van der Waals surface area contributed by atoms with E-state index in [1.807, 2.05) is 0 Å². The number of carbonyl (C=O) groups is 1. The molecule has 5 rings (SSSR count). The molecule has 2 aliphatic rings. The van der Waals surface area contributed by atoms with E-state index in [9.17, 15) is 31.9 Å². The van der Waals surface area contributed by atoms with E-state index in [4.69, 9.17) is 0 Å². The first kappa shape index (κ1) is 22.5. The highest BCUT2D eigenvalue weighted by molar-refractivity contribution is 5.74. The van der Waals surface area contributed by atoms with E-state index in [2.05, 4.69) is 10.1 Å². The van der Waals surface area contributed by atoms with Crippen molar-refractivity contribution in [3.63, 3.8) is 0 Å². The Hall–Kier alpha value is -3.34. The molecule has 1 N–H and O–H groups in total. The number of hydrogen-bond acceptors (Lipinski definition) is 4. The smallest absolute Gasteiger partial charge is 0.390 e. The third-order valence-corrected chi connectivity index (χ3v) is 6.37. The number of aliphatic hydroxyl groups excluding tert-OH is 1. The molecule has 178 valence electrons. The number of fused-ring (bicyclic) bond motifs is 2. The summed E-state index contributed by atoms with van der Waals surface area (Å²) in [6.07, 6.45) is -5.54. The molecule has 0 unspecified atom stereocenters. The lowest BCUT2D eigenvalue weighted by Gasteiger charge is -2.28. The number of aliphatic hydroxyl groups is 1. The summed E-state index contributed by atoms with van der Waals surface area (Å²) in [6, 6.07) is 4.39. The quantitative estimate of drug-likeness (QED) is 0.571. The Morgan fingerprint density at radius 1 is 1.18 bits per heavy atom. The molecule has 0 saturated heterocycles. The van der Waals surface area contributed by atoms with Gasteiger partial charge in [-0.3, -0.25) is 9.48 Å². The highest BCUT2D eigenvalue weighted by Crippen LogP contribution is 2.40. The van der Waals surface area contributed by atoms with E-state index >= 15 is 0 Å². The van der Waals surface area contributed by atoms with Gasteiger partial charge in [0.05, 0.1) is 11.8 Å². The van der Waals surface area contributed by atoms with Crippen LogP contribution in [0.2, 0.25) is 0 Å². The van der Waals surface area contributed by atoms with Gasteiger partial charge in [-0.1, -0.05) is 6.07 Å². The monoisotopic (exact) mass is 478 g/mol. The minimum Gasteiger partial charge on any atom is -0.390 e. The number of alkyl halides is 3. The molecule has 1 aliphatic heterocycles. The summed E-state index contributed by atoms with van der Waals surface area (Å²) >= 11 is 0. The van der Waals surface area contributed by atoms with Gasteiger partial charge in [0.2, 0.25) is 5.91 Å². The first-order valence-electron chi connectivity index (χ1n) is 10.6. The van der Waals surface area contributed by atoms with Gasteiger partial charge in [-0.15, -0.1) is 0 Å². The molecule has 6 nitrogen and oxygen atoms in total. The number of amides is 1. The summed E-state index contributed by atoms with van der Waals surface area (Å²) in [5.74, 6) is -1.80. The Morgan fingerprint density at radius 2 is 1.94 bits per heavy atom. The van der Waals surface area contributed by atoms with E-state index in [0.29, 0.717) is 24.2 Å². The number of carbonyl (C=O) groups excluding carboxylic acids is 1. The van der Waals surface area contributed by atoms with Crippen LogP contribution in [0.4, 0.5) is 22.0 Å². The number of pyridine rings is 1. The van der Waals surface area contributed by atoms with Crippen LogP contribution >= 0.6 is 0 Å². The minimum atomic E-state index is -4.67. The predicted molar refractivity (Wildman–Crippen MR) is 109 cm³/mol. The second-order valence-electron chi connectivity index (χ2n) is 8.49. The third kappa shape index (κ3) is 3.64. The highest BCUT2D eigenvalue weighted by atomic mass is 19.4. The van der Waals surface area contributed by atoms with Gasteiger partial charge in [0.1, 0.15) is 29.1 Å². The summed E-state index contributed by atoms with van der Waals surface area (Å²) in [5.41, 5.74) is 0.454. The molecule has 1 amide bonds. The lowest BCUT2D eigenvalue weighted by molar-refractivity contribution is -0.141. The number of aromatic nitrogens is 3. The normalized spacial score (nSPS) is 19.8. The van der Waals surface area contributed by atoms with Crippen LogP contribution in [0.1, 0.15) is 41.0 Å². The van der Waals surface area contributed by atoms with Crippen LogP contribution in [0.15, 0.2) is 30.3 Å². The zero-order valence-corrected chi connectivity index (χ0v) is 17.9. The summed E-state index contributed by atoms with van der Waals surface area (Å²) in [7, 11) is 0. The standard InChI is InChI=1S/C23H19F5N4O2/c1-11(33)31-6-5-18-15(10-31)21(17-3-2-4-20(29-17)23(26,27)28)30-32(18)22-14-7-12(24)8-16(25)13(14)9-19(22)34/h2-4,7-8,19,22,34H,5-6,9-10H2,1H3/t19-,22-/m1/s1. The molecule has 0 fully saturated rings. The van der Waals surface area contributed by atoms with Crippen molar-refractivity contribution in [2.45, 2.75) is 44.6 Å². The fourth-order valence-electron chi connectivity index (χ4n) is 4.80. The van der Waals surface area contributed by atoms with Crippen molar-refractivity contribution in [3.05, 3.63) is 70.0 Å². The highest BCUT2D eigenvalue weighted by Gasteiger charge is 2.40. The number of hydrogen-bond donors (Lipinski definition) is 1. The molecule has 3 aromatic rings. The van der Waals surface area contributed by atoms with Crippen molar-refractivity contribution < 1.29 is 31.9 Å². The summed E-state index contributed by atoms with van der Waals surface area (Å²) in [4.78, 5) is 17.3. The lowest BCUT2D eigenvalue weighted by Crippen LogP contribution is -2.35. The van der Waals surface area contributed by atoms with E-state index in [1.165, 1.54) is 28.6 Å². The first-order chi connectivity index (χ1) is 16.0. The SMILES string of the molecule is CC(=O)N1CCc2c(c(-c3cccc(C(F)(F)F)n3)nn2[C@@H]2c3cc(F)cc(F)c3C[C@H]2O)C1. The van der Waals surface area contributed by atoms with Crippen molar-refractivity contribution in [1.29, 1.82) is 0 Å². The van der Waals surface area contributed by atoms with Gasteiger partial charge in [0.15, 0.2) is 0 Å². The van der Waals surface area contributed by atoms with Gasteiger partial charge in [-0.2, -0.15) is 18.3 Å². The molecular formula is C23H19F5N4O2. The van der Waals surface area contributed by atoms with E-state index < -0.39 is 35.7 Å². The van der Waals surface area contributed by atoms with Gasteiger partial charge < -0.3 is 10.0 Å². The minimum absolute atomic E-state index is 0.0478. The summed E-state index contributed by atoms with van der Waals surface area (Å²) in [5, 5.41) is 15.3. The van der Waals surface area contributed by atoms with Gasteiger partial charge in [0.25, 0.3) is 0 Å². The Labute approximate surface area is 190 Å². The first-order valence-corrected chi connectivity index (χ1v) is 10.6. The van der Waals surface area contributed by atoms with Gasteiger partial charge in [0, 0.05) is 50.2 Å². The molecule has 0 radical (unpaired) electrons. The van der Waals surface area contributed by atoms with Crippen LogP contribution in [-0.4, -0.2) is 43.3 Å². The Balaban J connectivity index is 1.69. The number of halogens is 5. The largest absolute Gasteiger partial charge is 0.433 e. The van der Waals surface area contributed by atoms with Crippen LogP contribution in [0.3, 0.4) is 0 Å². The van der Waals surface area contributed by atoms with Crippen molar-refractivity contribution in [2.24, 2.45) is 0 Å². The average Bonchev–Trinajstić information content (AvgIpc) is 3.30. The molecule has 3 heterocycles. The van der Waals surface area contributed by atoms with Crippen LogP contribution in [0.5, 0.6) is 0 Å². The maximum Gasteiger partial charge on any atom is 0.433 e. The molecule has 2 atom stereocenters. The zero-order chi connectivity index (χ0) is 24.4. The Bertz CT molecular complexity index is 1300. The molecule has 0 saturated carbocycles. The van der Waals surface area contributed by atoms with Crippen LogP contribution in [-0.2, 0) is 30.4 Å². The fraction of sp³-hybridized carbons (Fsp3) is 0.348. The fourth-order valence-corrected chi connectivity index (χ4v) is 4.80. The van der Waals surface area contributed by atoms with Gasteiger partial charge >= 0.3 is 6.18 Å². The van der Waals surface area contributed by atoms with E-state index in [1.54, 1.807) is 0 Å². The number of nitrogens with zero attached hydrogens (tertiary/aromatic N) is 4. The van der Waals surface area contributed by atoms with Crippen molar-refractivity contribution in [3.8, 4) is 11.4 Å². The van der Waals surface area contributed by atoms with Crippen LogP contribution in [0, 0.1) is 11.6 Å². The van der Waals surface area contributed by atoms with Crippen molar-refractivity contribution in [2.75, 3.05) is 6.54 Å². The zero-order valence-electron chi connectivity index (χ0n) is 17.9. The molecule has 0 bridgehead atoms. The Morgan fingerprint density at radius 3 is 2.65 bits per heavy atom. The molecule has 1 aliphatic carbocycles. The molecule has 11 heteroatoms. The maximum atomic E-state index is 14.4. The maximum absolute atomic E-state index is 14.4. The predicted octanol–water partition coefficient (Wildman–Crippen LogP) is 3.65. The third-order valence-electron chi connectivity index (χ3n) is 6.37. The van der Waals surface area contributed by atoms with Crippen LogP contribution < -0.4 is 0 Å². The van der Waals surface area contributed by atoms with Crippen molar-refractivity contribution in [1.82, 2.24) is 19.7 Å². The summed E-state index contributed by atoms with van der Waals surface area (Å²) < 4.78 is 69.7. The van der Waals surface area contributed by atoms with Gasteiger partial charge in [-0.25, -0.2) is 13.8 Å². The molecule has 34 heavy (non-hydrogen) atoms. The molecule has 0 spiro atoms. The molecule has 1 aromatic carbocycles. The Kier molecular flexibility index (Phi) is 5.19. The summed E-state index contributed by atoms with van der Waals surface area (Å²) in [6.45, 7) is 1.81.